The van der Waals surface area contributed by atoms with E-state index in [2.05, 4.69) is 27.7 Å². The minimum absolute atomic E-state index is 0.400. The normalized spacial score (nSPS) is 9.31. The van der Waals surface area contributed by atoms with E-state index in [9.17, 15) is 5.11 Å². The molecule has 74 valence electrons. The molecule has 0 fully saturated rings. The molecule has 0 bridgehead atoms. The molecule has 0 spiro atoms. The first-order chi connectivity index (χ1) is 6.13. The average Bonchev–Trinajstić information content (AvgIpc) is 2.06. The van der Waals surface area contributed by atoms with Gasteiger partial charge >= 0.3 is 0 Å². The molecule has 13 heavy (non-hydrogen) atoms. The number of rotatable bonds is 1. The SMILES string of the molecule is CC(C)c1ccccc1O.CCC. The lowest BCUT2D eigenvalue weighted by atomic mass is 10.0. The van der Waals surface area contributed by atoms with Gasteiger partial charge in [0.2, 0.25) is 0 Å². The van der Waals surface area contributed by atoms with Crippen LogP contribution in [-0.2, 0) is 0 Å². The molecular weight excluding hydrogens is 160 g/mol. The molecule has 0 aliphatic heterocycles. The largest absolute Gasteiger partial charge is 0.508 e. The van der Waals surface area contributed by atoms with Crippen molar-refractivity contribution in [2.75, 3.05) is 0 Å². The Morgan fingerprint density at radius 1 is 1.15 bits per heavy atom. The predicted octanol–water partition coefficient (Wildman–Crippen LogP) is 3.93. The van der Waals surface area contributed by atoms with E-state index in [1.54, 1.807) is 6.07 Å². The Morgan fingerprint density at radius 3 is 1.92 bits per heavy atom. The van der Waals surface area contributed by atoms with Crippen molar-refractivity contribution >= 4 is 0 Å². The zero-order chi connectivity index (χ0) is 10.3. The number of hydrogen-bond donors (Lipinski definition) is 1. The van der Waals surface area contributed by atoms with E-state index >= 15 is 0 Å². The van der Waals surface area contributed by atoms with Gasteiger partial charge in [-0.05, 0) is 17.5 Å². The van der Waals surface area contributed by atoms with E-state index in [0.29, 0.717) is 11.7 Å². The van der Waals surface area contributed by atoms with E-state index in [1.165, 1.54) is 6.42 Å². The standard InChI is InChI=1S/C9H12O.C3H8/c1-7(2)8-5-3-4-6-9(8)10;1-3-2/h3-7,10H,1-2H3;3H2,1-2H3. The van der Waals surface area contributed by atoms with E-state index in [4.69, 9.17) is 0 Å². The number of benzene rings is 1. The summed E-state index contributed by atoms with van der Waals surface area (Å²) in [4.78, 5) is 0. The fraction of sp³-hybridized carbons (Fsp3) is 0.500. The van der Waals surface area contributed by atoms with Gasteiger partial charge in [-0.1, -0.05) is 52.3 Å². The van der Waals surface area contributed by atoms with Crippen LogP contribution in [0.5, 0.6) is 5.75 Å². The minimum Gasteiger partial charge on any atom is -0.508 e. The monoisotopic (exact) mass is 180 g/mol. The molecule has 0 radical (unpaired) electrons. The van der Waals surface area contributed by atoms with Crippen molar-refractivity contribution in [2.45, 2.75) is 40.0 Å². The quantitative estimate of drug-likeness (QED) is 0.694. The van der Waals surface area contributed by atoms with Crippen molar-refractivity contribution in [2.24, 2.45) is 0 Å². The highest BCUT2D eigenvalue weighted by Gasteiger charge is 2.01. The van der Waals surface area contributed by atoms with Crippen LogP contribution in [0.1, 0.15) is 45.6 Å². The van der Waals surface area contributed by atoms with Crippen molar-refractivity contribution in [3.05, 3.63) is 29.8 Å². The number of phenolic OH excluding ortho intramolecular Hbond substituents is 1. The van der Waals surface area contributed by atoms with Crippen LogP contribution in [-0.4, -0.2) is 5.11 Å². The number of aromatic hydroxyl groups is 1. The third kappa shape index (κ3) is 4.56. The molecule has 0 aliphatic rings. The van der Waals surface area contributed by atoms with Gasteiger partial charge in [0.25, 0.3) is 0 Å². The summed E-state index contributed by atoms with van der Waals surface area (Å²) in [7, 11) is 0. The van der Waals surface area contributed by atoms with E-state index < -0.39 is 0 Å². The van der Waals surface area contributed by atoms with Gasteiger partial charge in [-0.3, -0.25) is 0 Å². The van der Waals surface area contributed by atoms with Crippen molar-refractivity contribution in [3.8, 4) is 5.75 Å². The minimum atomic E-state index is 0.400. The van der Waals surface area contributed by atoms with Gasteiger partial charge in [-0.25, -0.2) is 0 Å². The first kappa shape index (κ1) is 12.0. The fourth-order valence-corrected chi connectivity index (χ4v) is 0.976. The van der Waals surface area contributed by atoms with Gasteiger partial charge in [0, 0.05) is 0 Å². The second kappa shape index (κ2) is 6.53. The number of hydrogen-bond acceptors (Lipinski definition) is 1. The van der Waals surface area contributed by atoms with Crippen LogP contribution in [0.2, 0.25) is 0 Å². The van der Waals surface area contributed by atoms with Gasteiger partial charge in [0.15, 0.2) is 0 Å². The maximum absolute atomic E-state index is 9.28. The summed E-state index contributed by atoms with van der Waals surface area (Å²) in [6, 6.07) is 7.44. The van der Waals surface area contributed by atoms with Crippen molar-refractivity contribution < 1.29 is 5.11 Å². The summed E-state index contributed by atoms with van der Waals surface area (Å²) in [6.45, 7) is 8.38. The summed E-state index contributed by atoms with van der Waals surface area (Å²) >= 11 is 0. The van der Waals surface area contributed by atoms with Gasteiger partial charge in [-0.2, -0.15) is 0 Å². The van der Waals surface area contributed by atoms with Crippen LogP contribution < -0.4 is 0 Å². The first-order valence-corrected chi connectivity index (χ1v) is 4.91. The van der Waals surface area contributed by atoms with Crippen LogP contribution in [0.3, 0.4) is 0 Å². The molecule has 0 aliphatic carbocycles. The molecule has 1 aromatic rings. The molecule has 1 aromatic carbocycles. The Hall–Kier alpha value is -0.980. The topological polar surface area (TPSA) is 20.2 Å². The Bertz CT molecular complexity index is 228. The Morgan fingerprint density at radius 2 is 1.62 bits per heavy atom. The van der Waals surface area contributed by atoms with Crippen LogP contribution >= 0.6 is 0 Å². The highest BCUT2D eigenvalue weighted by molar-refractivity contribution is 5.33. The second-order valence-corrected chi connectivity index (χ2v) is 3.42. The molecule has 0 saturated carbocycles. The predicted molar refractivity (Wildman–Crippen MR) is 58.2 cm³/mol. The molecule has 0 saturated heterocycles. The molecule has 0 aromatic heterocycles. The van der Waals surface area contributed by atoms with Gasteiger partial charge in [0.05, 0.1) is 0 Å². The van der Waals surface area contributed by atoms with Gasteiger partial charge in [-0.15, -0.1) is 0 Å². The van der Waals surface area contributed by atoms with Crippen LogP contribution in [0.15, 0.2) is 24.3 Å². The molecule has 0 atom stereocenters. The van der Waals surface area contributed by atoms with Crippen molar-refractivity contribution in [3.63, 3.8) is 0 Å². The van der Waals surface area contributed by atoms with Crippen molar-refractivity contribution in [1.82, 2.24) is 0 Å². The highest BCUT2D eigenvalue weighted by atomic mass is 16.3. The molecule has 1 heteroatoms. The average molecular weight is 180 g/mol. The van der Waals surface area contributed by atoms with Crippen LogP contribution in [0.25, 0.3) is 0 Å². The zero-order valence-electron chi connectivity index (χ0n) is 9.04. The third-order valence-electron chi connectivity index (χ3n) is 1.56. The molecule has 0 amide bonds. The Balaban J connectivity index is 0.000000424. The molecule has 1 nitrogen and oxygen atoms in total. The first-order valence-electron chi connectivity index (χ1n) is 4.91. The number of para-hydroxylation sites is 1. The van der Waals surface area contributed by atoms with Crippen LogP contribution in [0, 0.1) is 0 Å². The summed E-state index contributed by atoms with van der Waals surface area (Å²) < 4.78 is 0. The molecule has 1 N–H and O–H groups in total. The Labute approximate surface area is 81.4 Å². The zero-order valence-corrected chi connectivity index (χ0v) is 9.04. The van der Waals surface area contributed by atoms with Crippen molar-refractivity contribution in [1.29, 1.82) is 0 Å². The Kier molecular flexibility index (Phi) is 6.03. The molecule has 0 heterocycles. The van der Waals surface area contributed by atoms with E-state index in [-0.39, 0.29) is 0 Å². The fourth-order valence-electron chi connectivity index (χ4n) is 0.976. The van der Waals surface area contributed by atoms with Gasteiger partial charge < -0.3 is 5.11 Å². The smallest absolute Gasteiger partial charge is 0.119 e. The second-order valence-electron chi connectivity index (χ2n) is 3.42. The molecule has 0 unspecified atom stereocenters. The molecular formula is C12H20O. The lowest BCUT2D eigenvalue weighted by Crippen LogP contribution is -1.85. The lowest BCUT2D eigenvalue weighted by Gasteiger charge is -2.05. The highest BCUT2D eigenvalue weighted by Crippen LogP contribution is 2.23. The van der Waals surface area contributed by atoms with Gasteiger partial charge in [0.1, 0.15) is 5.75 Å². The maximum Gasteiger partial charge on any atom is 0.119 e. The summed E-state index contributed by atoms with van der Waals surface area (Å²) in [5, 5.41) is 9.28. The van der Waals surface area contributed by atoms with E-state index in [1.807, 2.05) is 18.2 Å². The molecule has 1 rings (SSSR count). The summed E-state index contributed by atoms with van der Waals surface area (Å²) in [5.41, 5.74) is 1.02. The van der Waals surface area contributed by atoms with E-state index in [0.717, 1.165) is 5.56 Å². The lowest BCUT2D eigenvalue weighted by molar-refractivity contribution is 0.465. The summed E-state index contributed by atoms with van der Waals surface area (Å²) in [6.07, 6.45) is 1.25. The summed E-state index contributed by atoms with van der Waals surface area (Å²) in [5.74, 6) is 0.804. The van der Waals surface area contributed by atoms with Crippen LogP contribution in [0.4, 0.5) is 0 Å². The number of phenols is 1. The maximum atomic E-state index is 9.28. The third-order valence-corrected chi connectivity index (χ3v) is 1.56.